The van der Waals surface area contributed by atoms with E-state index in [1.54, 1.807) is 43.5 Å². The Kier molecular flexibility index (Phi) is 9.51. The van der Waals surface area contributed by atoms with Gasteiger partial charge in [-0.3, -0.25) is 0 Å². The Morgan fingerprint density at radius 3 is 1.94 bits per heavy atom. The molecule has 0 saturated heterocycles. The highest BCUT2D eigenvalue weighted by atomic mass is 32.2. The number of nitrogens with zero attached hydrogens (tertiary/aromatic N) is 1. The highest BCUT2D eigenvalue weighted by molar-refractivity contribution is 7.89. The van der Waals surface area contributed by atoms with Crippen LogP contribution in [0.1, 0.15) is 19.4 Å². The van der Waals surface area contributed by atoms with E-state index >= 15 is 0 Å². The number of benzene rings is 2. The molecular formula is C23H32N2O7S. The van der Waals surface area contributed by atoms with Gasteiger partial charge in [0.15, 0.2) is 0 Å². The maximum atomic E-state index is 13.3. The molecule has 0 bridgehead atoms. The average Bonchev–Trinajstić information content (AvgIpc) is 2.78. The lowest BCUT2D eigenvalue weighted by Gasteiger charge is -2.30. The van der Waals surface area contributed by atoms with Crippen LogP contribution < -0.4 is 14.8 Å². The minimum absolute atomic E-state index is 0.0160. The van der Waals surface area contributed by atoms with Crippen molar-refractivity contribution in [1.29, 1.82) is 0 Å². The van der Waals surface area contributed by atoms with Gasteiger partial charge in [-0.2, -0.15) is 4.31 Å². The summed E-state index contributed by atoms with van der Waals surface area (Å²) >= 11 is 0. The lowest BCUT2D eigenvalue weighted by molar-refractivity contribution is 0.0980. The van der Waals surface area contributed by atoms with Crippen molar-refractivity contribution in [3.63, 3.8) is 0 Å². The van der Waals surface area contributed by atoms with Gasteiger partial charge in [-0.15, -0.1) is 0 Å². The molecule has 0 fully saturated rings. The monoisotopic (exact) mass is 480 g/mol. The zero-order chi connectivity index (χ0) is 24.6. The first-order chi connectivity index (χ1) is 15.6. The molecule has 0 aliphatic carbocycles. The summed E-state index contributed by atoms with van der Waals surface area (Å²) in [5.41, 5.74) is 0.766. The predicted octanol–water partition coefficient (Wildman–Crippen LogP) is 2.59. The molecule has 0 heterocycles. The first-order valence-corrected chi connectivity index (χ1v) is 12.0. The number of sulfonamides is 1. The molecule has 0 radical (unpaired) electrons. The Balaban J connectivity index is 2.27. The summed E-state index contributed by atoms with van der Waals surface area (Å²) in [6.07, 6.45) is -2.41. The second-order valence-electron chi connectivity index (χ2n) is 8.07. The van der Waals surface area contributed by atoms with Crippen LogP contribution in [0.2, 0.25) is 0 Å². The molecule has 3 N–H and O–H groups in total. The van der Waals surface area contributed by atoms with Gasteiger partial charge in [-0.25, -0.2) is 13.2 Å². The molecule has 0 unspecified atom stereocenters. The Morgan fingerprint density at radius 1 is 0.970 bits per heavy atom. The number of methoxy groups -OCH3 is 2. The Hall–Kier alpha value is -2.82. The number of carbonyl (C=O) groups is 1. The smallest absolute Gasteiger partial charge is 0.404 e. The number of nitrogens with one attached hydrogen (secondary N) is 1. The van der Waals surface area contributed by atoms with E-state index in [4.69, 9.17) is 9.47 Å². The third kappa shape index (κ3) is 7.62. The van der Waals surface area contributed by atoms with Crippen molar-refractivity contribution in [3.8, 4) is 11.5 Å². The molecule has 2 atom stereocenters. The molecule has 2 aromatic carbocycles. The number of ether oxygens (including phenoxy) is 2. The van der Waals surface area contributed by atoms with Crippen LogP contribution in [0.15, 0.2) is 53.4 Å². The number of amides is 1. The normalized spacial score (nSPS) is 13.5. The summed E-state index contributed by atoms with van der Waals surface area (Å²) < 4.78 is 38.0. The minimum Gasteiger partial charge on any atom is -0.497 e. The number of hydrogen-bond acceptors (Lipinski definition) is 6. The molecule has 182 valence electrons. The molecule has 0 spiro atoms. The van der Waals surface area contributed by atoms with Gasteiger partial charge in [0.25, 0.3) is 0 Å². The van der Waals surface area contributed by atoms with Crippen LogP contribution in [-0.4, -0.2) is 68.5 Å². The van der Waals surface area contributed by atoms with E-state index in [1.165, 1.54) is 23.5 Å². The van der Waals surface area contributed by atoms with Crippen molar-refractivity contribution in [3.05, 3.63) is 54.1 Å². The van der Waals surface area contributed by atoms with Crippen molar-refractivity contribution in [1.82, 2.24) is 9.62 Å². The van der Waals surface area contributed by atoms with Gasteiger partial charge in [0.05, 0.1) is 31.3 Å². The zero-order valence-corrected chi connectivity index (χ0v) is 20.1. The van der Waals surface area contributed by atoms with E-state index in [1.807, 2.05) is 13.8 Å². The highest BCUT2D eigenvalue weighted by Gasteiger charge is 2.31. The van der Waals surface area contributed by atoms with Crippen LogP contribution in [0, 0.1) is 5.92 Å². The summed E-state index contributed by atoms with van der Waals surface area (Å²) in [4.78, 5) is 11.4. The summed E-state index contributed by atoms with van der Waals surface area (Å²) in [5.74, 6) is 1.16. The number of aliphatic hydroxyl groups excluding tert-OH is 1. The van der Waals surface area contributed by atoms with E-state index in [2.05, 4.69) is 5.32 Å². The third-order valence-corrected chi connectivity index (χ3v) is 6.89. The first kappa shape index (κ1) is 26.4. The van der Waals surface area contributed by atoms with Gasteiger partial charge in [0.1, 0.15) is 11.5 Å². The molecule has 1 amide bonds. The van der Waals surface area contributed by atoms with Crippen LogP contribution in [0.3, 0.4) is 0 Å². The molecule has 0 aliphatic heterocycles. The van der Waals surface area contributed by atoms with Gasteiger partial charge in [-0.05, 0) is 54.3 Å². The fourth-order valence-electron chi connectivity index (χ4n) is 3.37. The van der Waals surface area contributed by atoms with Crippen molar-refractivity contribution in [2.24, 2.45) is 5.92 Å². The molecule has 0 aromatic heterocycles. The lowest BCUT2D eigenvalue weighted by atomic mass is 10.0. The fourth-order valence-corrected chi connectivity index (χ4v) is 4.99. The van der Waals surface area contributed by atoms with E-state index in [0.29, 0.717) is 11.5 Å². The number of rotatable bonds is 12. The second kappa shape index (κ2) is 11.9. The highest BCUT2D eigenvalue weighted by Crippen LogP contribution is 2.22. The van der Waals surface area contributed by atoms with Crippen LogP contribution in [-0.2, 0) is 16.4 Å². The molecule has 2 rings (SSSR count). The van der Waals surface area contributed by atoms with Crippen LogP contribution >= 0.6 is 0 Å². The molecular weight excluding hydrogens is 448 g/mol. The lowest BCUT2D eigenvalue weighted by Crippen LogP contribution is -2.50. The Morgan fingerprint density at radius 2 is 1.48 bits per heavy atom. The quantitative estimate of drug-likeness (QED) is 0.426. The molecule has 33 heavy (non-hydrogen) atoms. The van der Waals surface area contributed by atoms with Gasteiger partial charge < -0.3 is 25.0 Å². The fraction of sp³-hybridized carbons (Fsp3) is 0.435. The topological polar surface area (TPSA) is 125 Å². The van der Waals surface area contributed by atoms with Gasteiger partial charge in [-0.1, -0.05) is 26.0 Å². The third-order valence-electron chi connectivity index (χ3n) is 5.04. The van der Waals surface area contributed by atoms with Crippen LogP contribution in [0.4, 0.5) is 4.79 Å². The molecule has 10 heteroatoms. The van der Waals surface area contributed by atoms with Crippen LogP contribution in [0.25, 0.3) is 0 Å². The summed E-state index contributed by atoms with van der Waals surface area (Å²) in [6.45, 7) is 3.63. The molecule has 9 nitrogen and oxygen atoms in total. The van der Waals surface area contributed by atoms with Gasteiger partial charge in [0, 0.05) is 13.1 Å². The van der Waals surface area contributed by atoms with Gasteiger partial charge >= 0.3 is 6.09 Å². The number of hydrogen-bond donors (Lipinski definition) is 3. The first-order valence-electron chi connectivity index (χ1n) is 10.5. The molecule has 0 saturated carbocycles. The van der Waals surface area contributed by atoms with Crippen molar-refractivity contribution >= 4 is 16.1 Å². The maximum absolute atomic E-state index is 13.3. The van der Waals surface area contributed by atoms with E-state index < -0.39 is 28.3 Å². The van der Waals surface area contributed by atoms with E-state index in [0.717, 1.165) is 5.56 Å². The second-order valence-corrected chi connectivity index (χ2v) is 10.0. The zero-order valence-electron chi connectivity index (χ0n) is 19.3. The van der Waals surface area contributed by atoms with Crippen LogP contribution in [0.5, 0.6) is 11.5 Å². The minimum atomic E-state index is -3.93. The number of aliphatic hydroxyl groups is 1. The average molecular weight is 481 g/mol. The summed E-state index contributed by atoms with van der Waals surface area (Å²) in [5, 5.41) is 22.5. The number of carboxylic acid groups (broad SMARTS) is 1. The summed E-state index contributed by atoms with van der Waals surface area (Å²) in [7, 11) is -0.903. The predicted molar refractivity (Wildman–Crippen MR) is 124 cm³/mol. The standard InChI is InChI=1S/C23H32N2O7S/c1-16(2)14-25(33(29,30)20-11-9-19(32-4)10-12-20)15-22(26)21(24-23(27)28)13-17-5-7-18(31-3)8-6-17/h5-12,16,21-22,24,26H,13-15H2,1-4H3,(H,27,28)/t21-,22-/m0/s1. The Bertz CT molecular complexity index is 992. The molecule has 0 aliphatic rings. The molecule has 2 aromatic rings. The van der Waals surface area contributed by atoms with Crippen molar-refractivity contribution < 1.29 is 32.9 Å². The van der Waals surface area contributed by atoms with Gasteiger partial charge in [0.2, 0.25) is 10.0 Å². The van der Waals surface area contributed by atoms with E-state index in [9.17, 15) is 23.4 Å². The summed E-state index contributed by atoms with van der Waals surface area (Å²) in [6, 6.07) is 12.1. The van der Waals surface area contributed by atoms with Crippen molar-refractivity contribution in [2.75, 3.05) is 27.3 Å². The maximum Gasteiger partial charge on any atom is 0.404 e. The Labute approximate surface area is 195 Å². The van der Waals surface area contributed by atoms with E-state index in [-0.39, 0.29) is 30.3 Å². The SMILES string of the molecule is COc1ccc(C[C@H](NC(=O)O)[C@@H](O)CN(CC(C)C)S(=O)(=O)c2ccc(OC)cc2)cc1. The van der Waals surface area contributed by atoms with Crippen molar-refractivity contribution in [2.45, 2.75) is 37.3 Å². The largest absolute Gasteiger partial charge is 0.497 e.